The molecule has 1 aromatic carbocycles. The standard InChI is InChI=1S/C12H11NO4/c1-3-9(8(2)14)12(15)10-6-4-5-7-11(10)13(16)17/h3-7H,1-2H3/b9-3+. The first-order valence-electron chi connectivity index (χ1n) is 4.94. The first-order valence-corrected chi connectivity index (χ1v) is 4.94. The Kier molecular flexibility index (Phi) is 3.87. The molecule has 0 aliphatic rings. The summed E-state index contributed by atoms with van der Waals surface area (Å²) in [6.45, 7) is 2.80. The van der Waals surface area contributed by atoms with Gasteiger partial charge in [0, 0.05) is 6.07 Å². The molecule has 0 N–H and O–H groups in total. The Balaban J connectivity index is 3.30. The van der Waals surface area contributed by atoms with Crippen LogP contribution in [0.2, 0.25) is 0 Å². The zero-order chi connectivity index (χ0) is 13.0. The molecule has 88 valence electrons. The summed E-state index contributed by atoms with van der Waals surface area (Å²) in [6, 6.07) is 5.57. The number of para-hydroxylation sites is 1. The Morgan fingerprint density at radius 2 is 1.88 bits per heavy atom. The molecule has 5 heteroatoms. The minimum absolute atomic E-state index is 0.0423. The van der Waals surface area contributed by atoms with Crippen molar-refractivity contribution in [1.82, 2.24) is 0 Å². The van der Waals surface area contributed by atoms with Crippen LogP contribution >= 0.6 is 0 Å². The number of allylic oxidation sites excluding steroid dienone is 2. The molecule has 0 bridgehead atoms. The van der Waals surface area contributed by atoms with Crippen LogP contribution in [0.3, 0.4) is 0 Å². The van der Waals surface area contributed by atoms with Crippen LogP contribution in [-0.2, 0) is 4.79 Å². The molecule has 0 saturated heterocycles. The lowest BCUT2D eigenvalue weighted by atomic mass is 9.99. The van der Waals surface area contributed by atoms with Gasteiger partial charge >= 0.3 is 0 Å². The molecule has 5 nitrogen and oxygen atoms in total. The van der Waals surface area contributed by atoms with Gasteiger partial charge in [-0.05, 0) is 19.9 Å². The number of rotatable bonds is 4. The molecule has 1 aromatic rings. The van der Waals surface area contributed by atoms with Crippen LogP contribution in [0.25, 0.3) is 0 Å². The van der Waals surface area contributed by atoms with E-state index in [9.17, 15) is 19.7 Å². The predicted octanol–water partition coefficient (Wildman–Crippen LogP) is 2.31. The second kappa shape index (κ2) is 5.16. The van der Waals surface area contributed by atoms with Crippen molar-refractivity contribution in [2.45, 2.75) is 13.8 Å². The molecule has 0 aromatic heterocycles. The summed E-state index contributed by atoms with van der Waals surface area (Å²) in [5.41, 5.74) is -0.404. The molecule has 17 heavy (non-hydrogen) atoms. The third-order valence-electron chi connectivity index (χ3n) is 2.26. The summed E-state index contributed by atoms with van der Waals surface area (Å²) >= 11 is 0. The number of benzene rings is 1. The molecule has 0 atom stereocenters. The van der Waals surface area contributed by atoms with Gasteiger partial charge in [0.1, 0.15) is 5.56 Å². The van der Waals surface area contributed by atoms with E-state index >= 15 is 0 Å². The van der Waals surface area contributed by atoms with Crippen LogP contribution in [-0.4, -0.2) is 16.5 Å². The molecule has 1 rings (SSSR count). The molecule has 0 heterocycles. The smallest absolute Gasteiger partial charge is 0.280 e. The fourth-order valence-electron chi connectivity index (χ4n) is 1.46. The maximum absolute atomic E-state index is 11.9. The van der Waals surface area contributed by atoms with Crippen LogP contribution < -0.4 is 0 Å². The lowest BCUT2D eigenvalue weighted by molar-refractivity contribution is -0.385. The minimum atomic E-state index is -0.638. The summed E-state index contributed by atoms with van der Waals surface area (Å²) in [6.07, 6.45) is 1.36. The van der Waals surface area contributed by atoms with Crippen LogP contribution in [0.4, 0.5) is 5.69 Å². The summed E-state index contributed by atoms with van der Waals surface area (Å²) < 4.78 is 0. The second-order valence-electron chi connectivity index (χ2n) is 3.36. The van der Waals surface area contributed by atoms with Crippen molar-refractivity contribution in [3.05, 3.63) is 51.6 Å². The molecule has 0 aliphatic carbocycles. The van der Waals surface area contributed by atoms with Crippen LogP contribution in [0, 0.1) is 10.1 Å². The predicted molar refractivity (Wildman–Crippen MR) is 61.9 cm³/mol. The fourth-order valence-corrected chi connectivity index (χ4v) is 1.46. The van der Waals surface area contributed by atoms with Crippen LogP contribution in [0.5, 0.6) is 0 Å². The number of hydrogen-bond acceptors (Lipinski definition) is 4. The van der Waals surface area contributed by atoms with Gasteiger partial charge < -0.3 is 0 Å². The Morgan fingerprint density at radius 1 is 1.29 bits per heavy atom. The molecule has 0 aliphatic heterocycles. The number of hydrogen-bond donors (Lipinski definition) is 0. The van der Waals surface area contributed by atoms with Crippen molar-refractivity contribution in [1.29, 1.82) is 0 Å². The third kappa shape index (κ3) is 2.63. The Hall–Kier alpha value is -2.30. The highest BCUT2D eigenvalue weighted by Crippen LogP contribution is 2.21. The highest BCUT2D eigenvalue weighted by molar-refractivity contribution is 6.26. The number of carbonyl (C=O) groups is 2. The largest absolute Gasteiger partial charge is 0.294 e. The monoisotopic (exact) mass is 233 g/mol. The van der Waals surface area contributed by atoms with Crippen LogP contribution in [0.15, 0.2) is 35.9 Å². The van der Waals surface area contributed by atoms with Gasteiger partial charge in [-0.15, -0.1) is 0 Å². The quantitative estimate of drug-likeness (QED) is 0.200. The van der Waals surface area contributed by atoms with Gasteiger partial charge in [-0.2, -0.15) is 0 Å². The fraction of sp³-hybridized carbons (Fsp3) is 0.167. The van der Waals surface area contributed by atoms with Crippen molar-refractivity contribution in [3.8, 4) is 0 Å². The summed E-state index contributed by atoms with van der Waals surface area (Å²) in [5.74, 6) is -1.03. The van der Waals surface area contributed by atoms with E-state index in [1.165, 1.54) is 37.3 Å². The van der Waals surface area contributed by atoms with E-state index in [1.54, 1.807) is 6.92 Å². The van der Waals surface area contributed by atoms with Gasteiger partial charge in [0.05, 0.1) is 10.5 Å². The average molecular weight is 233 g/mol. The first kappa shape index (κ1) is 12.8. The van der Waals surface area contributed by atoms with Crippen molar-refractivity contribution in [2.75, 3.05) is 0 Å². The molecule has 0 spiro atoms. The number of nitrogens with zero attached hydrogens (tertiary/aromatic N) is 1. The SMILES string of the molecule is C/C=C(\C(C)=O)C(=O)c1ccccc1[N+](=O)[O-]. The molecule has 0 amide bonds. The molecule has 0 unspecified atom stereocenters. The molecule has 0 fully saturated rings. The second-order valence-corrected chi connectivity index (χ2v) is 3.36. The summed E-state index contributed by atoms with van der Waals surface area (Å²) in [7, 11) is 0. The maximum Gasteiger partial charge on any atom is 0.280 e. The summed E-state index contributed by atoms with van der Waals surface area (Å²) in [5, 5.41) is 10.8. The van der Waals surface area contributed by atoms with Gasteiger partial charge in [-0.25, -0.2) is 0 Å². The first-order chi connectivity index (χ1) is 7.99. The minimum Gasteiger partial charge on any atom is -0.294 e. The summed E-state index contributed by atoms with van der Waals surface area (Å²) in [4.78, 5) is 33.3. The van der Waals surface area contributed by atoms with Gasteiger partial charge in [0.25, 0.3) is 5.69 Å². The third-order valence-corrected chi connectivity index (χ3v) is 2.26. The number of nitro benzene ring substituents is 1. The van der Waals surface area contributed by atoms with E-state index in [0.717, 1.165) is 0 Å². The van der Waals surface area contributed by atoms with E-state index in [4.69, 9.17) is 0 Å². The van der Waals surface area contributed by atoms with E-state index < -0.39 is 16.5 Å². The van der Waals surface area contributed by atoms with Gasteiger partial charge in [-0.3, -0.25) is 19.7 Å². The average Bonchev–Trinajstić information content (AvgIpc) is 2.29. The highest BCUT2D eigenvalue weighted by atomic mass is 16.6. The van der Waals surface area contributed by atoms with Gasteiger partial charge in [-0.1, -0.05) is 18.2 Å². The van der Waals surface area contributed by atoms with E-state index in [2.05, 4.69) is 0 Å². The van der Waals surface area contributed by atoms with Crippen LogP contribution in [0.1, 0.15) is 24.2 Å². The van der Waals surface area contributed by atoms with Crippen molar-refractivity contribution in [2.24, 2.45) is 0 Å². The van der Waals surface area contributed by atoms with Crippen molar-refractivity contribution < 1.29 is 14.5 Å². The Bertz CT molecular complexity index is 517. The van der Waals surface area contributed by atoms with Gasteiger partial charge in [0.15, 0.2) is 5.78 Å². The van der Waals surface area contributed by atoms with E-state index in [0.29, 0.717) is 0 Å². The molecular formula is C12H11NO4. The lowest BCUT2D eigenvalue weighted by Crippen LogP contribution is -2.12. The van der Waals surface area contributed by atoms with Crippen molar-refractivity contribution in [3.63, 3.8) is 0 Å². The number of carbonyl (C=O) groups excluding carboxylic acids is 2. The number of ketones is 2. The maximum atomic E-state index is 11.9. The number of Topliss-reactive ketones (excluding diaryl/α,β-unsaturated/α-hetero) is 2. The topological polar surface area (TPSA) is 77.3 Å². The number of nitro groups is 1. The van der Waals surface area contributed by atoms with E-state index in [1.807, 2.05) is 0 Å². The Morgan fingerprint density at radius 3 is 2.35 bits per heavy atom. The zero-order valence-corrected chi connectivity index (χ0v) is 9.47. The Labute approximate surface area is 97.9 Å². The molecule has 0 radical (unpaired) electrons. The van der Waals surface area contributed by atoms with E-state index in [-0.39, 0.29) is 16.8 Å². The highest BCUT2D eigenvalue weighted by Gasteiger charge is 2.23. The zero-order valence-electron chi connectivity index (χ0n) is 9.47. The van der Waals surface area contributed by atoms with Gasteiger partial charge in [0.2, 0.25) is 5.78 Å². The normalized spacial score (nSPS) is 11.1. The lowest BCUT2D eigenvalue weighted by Gasteiger charge is -2.03. The molecular weight excluding hydrogens is 222 g/mol. The van der Waals surface area contributed by atoms with Crippen molar-refractivity contribution >= 4 is 17.3 Å². The molecule has 0 saturated carbocycles.